The maximum atomic E-state index is 12.0. The first kappa shape index (κ1) is 11.3. The standard InChI is InChI=1S/C8H8F3N3OS/c9-8(10,11)6(15)14-7-13-4-1-2-12-3-5(4)16-7/h12H,1-3H2,(H,13,14,15). The molecule has 0 fully saturated rings. The van der Waals surface area contributed by atoms with Crippen LogP contribution in [0.4, 0.5) is 18.3 Å². The van der Waals surface area contributed by atoms with Gasteiger partial charge in [-0.3, -0.25) is 10.1 Å². The maximum absolute atomic E-state index is 12.0. The number of nitrogens with zero attached hydrogens (tertiary/aromatic N) is 1. The Morgan fingerprint density at radius 2 is 2.25 bits per heavy atom. The molecule has 2 rings (SSSR count). The van der Waals surface area contributed by atoms with Crippen molar-refractivity contribution in [2.45, 2.75) is 19.1 Å². The predicted octanol–water partition coefficient (Wildman–Crippen LogP) is 1.29. The summed E-state index contributed by atoms with van der Waals surface area (Å²) in [6.45, 7) is 1.35. The number of alkyl halides is 3. The Bertz CT molecular complexity index is 392. The summed E-state index contributed by atoms with van der Waals surface area (Å²) in [4.78, 5) is 15.5. The second-order valence-corrected chi connectivity index (χ2v) is 4.35. The van der Waals surface area contributed by atoms with E-state index >= 15 is 0 Å². The second-order valence-electron chi connectivity index (χ2n) is 3.27. The van der Waals surface area contributed by atoms with Crippen LogP contribution < -0.4 is 10.6 Å². The number of fused-ring (bicyclic) bond motifs is 1. The van der Waals surface area contributed by atoms with Gasteiger partial charge in [-0.05, 0) is 0 Å². The zero-order chi connectivity index (χ0) is 11.8. The highest BCUT2D eigenvalue weighted by Crippen LogP contribution is 2.26. The van der Waals surface area contributed by atoms with E-state index in [1.165, 1.54) is 0 Å². The van der Waals surface area contributed by atoms with Crippen LogP contribution in [0, 0.1) is 0 Å². The SMILES string of the molecule is O=C(Nc1nc2c(s1)CNCC2)C(F)(F)F. The Kier molecular flexibility index (Phi) is 2.85. The van der Waals surface area contributed by atoms with Gasteiger partial charge in [0.15, 0.2) is 5.13 Å². The minimum Gasteiger partial charge on any atom is -0.311 e. The van der Waals surface area contributed by atoms with E-state index in [0.717, 1.165) is 28.5 Å². The first-order chi connectivity index (χ1) is 7.47. The minimum absolute atomic E-state index is 0.0102. The molecule has 0 saturated carbocycles. The summed E-state index contributed by atoms with van der Waals surface area (Å²) in [5.74, 6) is -1.98. The molecule has 1 amide bonds. The fourth-order valence-electron chi connectivity index (χ4n) is 1.35. The molecule has 0 aromatic carbocycles. The van der Waals surface area contributed by atoms with E-state index in [4.69, 9.17) is 0 Å². The van der Waals surface area contributed by atoms with Crippen LogP contribution in [0.15, 0.2) is 0 Å². The zero-order valence-electron chi connectivity index (χ0n) is 8.02. The Morgan fingerprint density at radius 1 is 1.50 bits per heavy atom. The van der Waals surface area contributed by atoms with Gasteiger partial charge in [0, 0.05) is 24.4 Å². The quantitative estimate of drug-likeness (QED) is 0.790. The average Bonchev–Trinajstić information content (AvgIpc) is 2.58. The highest BCUT2D eigenvalue weighted by Gasteiger charge is 2.39. The molecule has 1 aromatic rings. The lowest BCUT2D eigenvalue weighted by atomic mass is 10.2. The molecule has 8 heteroatoms. The number of nitrogens with one attached hydrogen (secondary N) is 2. The molecule has 1 aliphatic rings. The van der Waals surface area contributed by atoms with Gasteiger partial charge in [-0.2, -0.15) is 13.2 Å². The smallest absolute Gasteiger partial charge is 0.311 e. The summed E-state index contributed by atoms with van der Waals surface area (Å²) in [6.07, 6.45) is -4.20. The summed E-state index contributed by atoms with van der Waals surface area (Å²) in [5.41, 5.74) is 0.765. The van der Waals surface area contributed by atoms with Gasteiger partial charge in [0.05, 0.1) is 5.69 Å². The lowest BCUT2D eigenvalue weighted by Gasteiger charge is -2.09. The van der Waals surface area contributed by atoms with Crippen molar-refractivity contribution in [3.63, 3.8) is 0 Å². The van der Waals surface area contributed by atoms with E-state index in [9.17, 15) is 18.0 Å². The fourth-order valence-corrected chi connectivity index (χ4v) is 2.32. The number of carbonyl (C=O) groups is 1. The zero-order valence-corrected chi connectivity index (χ0v) is 8.84. The largest absolute Gasteiger partial charge is 0.471 e. The number of rotatable bonds is 1. The van der Waals surface area contributed by atoms with Crippen molar-refractivity contribution in [2.75, 3.05) is 11.9 Å². The van der Waals surface area contributed by atoms with Crippen molar-refractivity contribution in [1.29, 1.82) is 0 Å². The summed E-state index contributed by atoms with van der Waals surface area (Å²) in [6, 6.07) is 0. The molecule has 1 aliphatic heterocycles. The summed E-state index contributed by atoms with van der Waals surface area (Å²) >= 11 is 1.07. The van der Waals surface area contributed by atoms with Gasteiger partial charge in [-0.25, -0.2) is 4.98 Å². The summed E-state index contributed by atoms with van der Waals surface area (Å²) in [7, 11) is 0. The van der Waals surface area contributed by atoms with Gasteiger partial charge in [-0.1, -0.05) is 0 Å². The number of carbonyl (C=O) groups excluding carboxylic acids is 1. The molecule has 2 N–H and O–H groups in total. The number of anilines is 1. The number of aromatic nitrogens is 1. The monoisotopic (exact) mass is 251 g/mol. The van der Waals surface area contributed by atoms with Crippen LogP contribution in [-0.2, 0) is 17.8 Å². The third-order valence-corrected chi connectivity index (χ3v) is 3.09. The van der Waals surface area contributed by atoms with Crippen LogP contribution in [0.1, 0.15) is 10.6 Å². The van der Waals surface area contributed by atoms with E-state index < -0.39 is 12.1 Å². The van der Waals surface area contributed by atoms with Gasteiger partial charge in [0.25, 0.3) is 0 Å². The van der Waals surface area contributed by atoms with Crippen LogP contribution in [0.2, 0.25) is 0 Å². The van der Waals surface area contributed by atoms with Crippen LogP contribution in [0.25, 0.3) is 0 Å². The third-order valence-electron chi connectivity index (χ3n) is 2.08. The molecule has 0 atom stereocenters. The predicted molar refractivity (Wildman–Crippen MR) is 52.2 cm³/mol. The lowest BCUT2D eigenvalue weighted by Crippen LogP contribution is -2.29. The van der Waals surface area contributed by atoms with E-state index in [-0.39, 0.29) is 5.13 Å². The van der Waals surface area contributed by atoms with Crippen LogP contribution in [0.5, 0.6) is 0 Å². The molecule has 16 heavy (non-hydrogen) atoms. The molecule has 0 radical (unpaired) electrons. The van der Waals surface area contributed by atoms with Crippen LogP contribution >= 0.6 is 11.3 Å². The lowest BCUT2D eigenvalue weighted by molar-refractivity contribution is -0.167. The Balaban J connectivity index is 2.11. The number of hydrogen-bond acceptors (Lipinski definition) is 4. The van der Waals surface area contributed by atoms with E-state index in [1.807, 2.05) is 0 Å². The van der Waals surface area contributed by atoms with Crippen molar-refractivity contribution in [2.24, 2.45) is 0 Å². The molecular formula is C8H8F3N3OS. The van der Waals surface area contributed by atoms with Crippen molar-refractivity contribution in [3.8, 4) is 0 Å². The molecule has 88 valence electrons. The van der Waals surface area contributed by atoms with Crippen LogP contribution in [-0.4, -0.2) is 23.6 Å². The number of hydrogen-bond donors (Lipinski definition) is 2. The Morgan fingerprint density at radius 3 is 2.88 bits per heavy atom. The molecule has 0 saturated heterocycles. The molecule has 4 nitrogen and oxygen atoms in total. The van der Waals surface area contributed by atoms with E-state index in [2.05, 4.69) is 10.3 Å². The van der Waals surface area contributed by atoms with Gasteiger partial charge in [-0.15, -0.1) is 11.3 Å². The first-order valence-electron chi connectivity index (χ1n) is 4.54. The Labute approximate surface area is 92.9 Å². The number of halogens is 3. The molecule has 0 aliphatic carbocycles. The molecule has 0 unspecified atom stereocenters. The van der Waals surface area contributed by atoms with Crippen molar-refractivity contribution < 1.29 is 18.0 Å². The van der Waals surface area contributed by atoms with Gasteiger partial charge >= 0.3 is 12.1 Å². The van der Waals surface area contributed by atoms with Crippen molar-refractivity contribution >= 4 is 22.4 Å². The molecule has 0 bridgehead atoms. The number of amides is 1. The topological polar surface area (TPSA) is 54.0 Å². The molecule has 0 spiro atoms. The van der Waals surface area contributed by atoms with Crippen LogP contribution in [0.3, 0.4) is 0 Å². The Hall–Kier alpha value is -1.15. The van der Waals surface area contributed by atoms with Crippen molar-refractivity contribution in [3.05, 3.63) is 10.6 Å². The molecular weight excluding hydrogens is 243 g/mol. The second kappa shape index (κ2) is 4.02. The van der Waals surface area contributed by atoms with Gasteiger partial charge in [0.1, 0.15) is 0 Å². The average molecular weight is 251 g/mol. The number of thiazole rings is 1. The van der Waals surface area contributed by atoms with Gasteiger partial charge in [0.2, 0.25) is 0 Å². The highest BCUT2D eigenvalue weighted by atomic mass is 32.1. The fraction of sp³-hybridized carbons (Fsp3) is 0.500. The third kappa shape index (κ3) is 2.33. The molecule has 2 heterocycles. The highest BCUT2D eigenvalue weighted by molar-refractivity contribution is 7.15. The van der Waals surface area contributed by atoms with E-state index in [0.29, 0.717) is 13.0 Å². The molecule has 1 aromatic heterocycles. The summed E-state index contributed by atoms with van der Waals surface area (Å²) < 4.78 is 35.9. The maximum Gasteiger partial charge on any atom is 0.471 e. The first-order valence-corrected chi connectivity index (χ1v) is 5.36. The van der Waals surface area contributed by atoms with Gasteiger partial charge < -0.3 is 5.32 Å². The normalized spacial score (nSPS) is 15.7. The minimum atomic E-state index is -4.87. The van der Waals surface area contributed by atoms with E-state index in [1.54, 1.807) is 5.32 Å². The summed E-state index contributed by atoms with van der Waals surface area (Å²) in [5, 5.41) is 4.84. The van der Waals surface area contributed by atoms with Crippen molar-refractivity contribution in [1.82, 2.24) is 10.3 Å².